The Balaban J connectivity index is 0.514. The number of ether oxygens (including phenoxy) is 6. The Kier molecular flexibility index (Phi) is 31.1. The van der Waals surface area contributed by atoms with E-state index in [1.165, 1.54) is 114 Å². The van der Waals surface area contributed by atoms with E-state index in [0.29, 0.717) is 89.7 Å². The third-order valence-corrected chi connectivity index (χ3v) is 18.9. The highest BCUT2D eigenvalue weighted by Gasteiger charge is 2.28. The molecule has 0 atom stereocenters. The van der Waals surface area contributed by atoms with E-state index in [-0.39, 0.29) is 87.0 Å². The summed E-state index contributed by atoms with van der Waals surface area (Å²) < 4.78 is 36.2. The lowest BCUT2D eigenvalue weighted by Gasteiger charge is -2.33. The number of piperidine rings is 4. The van der Waals surface area contributed by atoms with Crippen LogP contribution >= 0.6 is 0 Å². The molecule has 0 radical (unpaired) electrons. The number of unbranched alkanes of at least 4 members (excludes halogenated alkanes) is 3. The van der Waals surface area contributed by atoms with Crippen LogP contribution < -0.4 is 0 Å². The van der Waals surface area contributed by atoms with Crippen LogP contribution in [-0.4, -0.2) is 238 Å². The molecular formula is C66H102N12O14. The summed E-state index contributed by atoms with van der Waals surface area (Å²) in [5.74, 6) is 0.886. The molecular weight excluding hydrogens is 1180 g/mol. The molecule has 8 heterocycles. The monoisotopic (exact) mass is 1290 g/mol. The first kappa shape index (κ1) is 71.5. The fourth-order valence-corrected chi connectivity index (χ4v) is 13.1. The van der Waals surface area contributed by atoms with Crippen molar-refractivity contribution in [3.8, 4) is 0 Å². The molecule has 0 spiro atoms. The van der Waals surface area contributed by atoms with Gasteiger partial charge in [-0.25, -0.2) is 9.36 Å². The molecule has 0 saturated carbocycles. The van der Waals surface area contributed by atoms with Crippen molar-refractivity contribution in [3.05, 3.63) is 48.1 Å². The molecule has 510 valence electrons. The smallest absolute Gasteiger partial charge is 0.307 e. The van der Waals surface area contributed by atoms with Crippen molar-refractivity contribution in [2.24, 2.45) is 23.7 Å². The largest absolute Gasteiger partial charge is 0.466 e. The van der Waals surface area contributed by atoms with Gasteiger partial charge in [0.2, 0.25) is 0 Å². The number of nitrogens with zero attached hydrogens (tertiary/aromatic N) is 12. The summed E-state index contributed by atoms with van der Waals surface area (Å²) >= 11 is 0. The van der Waals surface area contributed by atoms with Crippen LogP contribution in [0.4, 0.5) is 0 Å². The summed E-state index contributed by atoms with van der Waals surface area (Å²) in [5.41, 5.74) is 1.02. The number of carbonyl (C=O) groups excluding carboxylic acids is 8. The predicted molar refractivity (Wildman–Crippen MR) is 336 cm³/mol. The highest BCUT2D eigenvalue weighted by atomic mass is 16.6. The van der Waals surface area contributed by atoms with Gasteiger partial charge in [0.1, 0.15) is 24.6 Å². The fraction of sp³-hybridized carbons (Fsp3) is 0.758. The second kappa shape index (κ2) is 40.0. The van der Waals surface area contributed by atoms with Crippen molar-refractivity contribution in [3.63, 3.8) is 0 Å². The number of hydrogen-bond acceptors (Lipinski definition) is 22. The second-order valence-electron chi connectivity index (χ2n) is 25.7. The van der Waals surface area contributed by atoms with E-state index in [2.05, 4.69) is 40.2 Å². The van der Waals surface area contributed by atoms with Gasteiger partial charge in [-0.3, -0.25) is 48.2 Å². The Bertz CT molecular complexity index is 2460. The van der Waals surface area contributed by atoms with Crippen LogP contribution in [0.2, 0.25) is 0 Å². The van der Waals surface area contributed by atoms with Gasteiger partial charge in [0, 0.05) is 50.5 Å². The van der Waals surface area contributed by atoms with E-state index < -0.39 is 0 Å². The molecule has 6 aliphatic rings. The van der Waals surface area contributed by atoms with E-state index >= 15 is 0 Å². The molecule has 2 aromatic rings. The molecule has 0 unspecified atom stereocenters. The van der Waals surface area contributed by atoms with E-state index in [4.69, 9.17) is 28.4 Å². The molecule has 26 nitrogen and oxygen atoms in total. The standard InChI is InChI=1S/C66H102N12O14/c79-59-11-12-60(80)77(59)51-57-49-75(69-67-57)39-43-87-45-47-91-65(85)25-37-73-31-19-55(20-32-73)9-5-7-53-15-27-71(28-16-53)35-23-63(83)89-41-3-1-2-4-42-90-64(84)24-36-72-29-17-54(18-30-72)8-6-10-56-21-33-74(34-22-56)38-26-66(86)92-48-46-88-44-40-76-50-58(68-70-76)52-78-61(81)13-14-62(78)82/h11-14,49-50,53-56H,1-10,15-48,51-52H2. The summed E-state index contributed by atoms with van der Waals surface area (Å²) in [4.78, 5) is 109. The number of rotatable bonds is 43. The van der Waals surface area contributed by atoms with Gasteiger partial charge in [0.25, 0.3) is 23.6 Å². The Hall–Kier alpha value is -6.32. The van der Waals surface area contributed by atoms with Gasteiger partial charge in [-0.15, -0.1) is 10.2 Å². The van der Waals surface area contributed by atoms with Crippen molar-refractivity contribution in [1.82, 2.24) is 59.4 Å². The van der Waals surface area contributed by atoms with Gasteiger partial charge in [-0.2, -0.15) is 0 Å². The highest BCUT2D eigenvalue weighted by molar-refractivity contribution is 6.13. The summed E-state index contributed by atoms with van der Waals surface area (Å²) in [7, 11) is 0. The molecule has 92 heavy (non-hydrogen) atoms. The minimum atomic E-state index is -0.362. The number of amides is 4. The maximum absolute atomic E-state index is 12.5. The molecule has 4 saturated heterocycles. The van der Waals surface area contributed by atoms with Crippen LogP contribution in [0.3, 0.4) is 0 Å². The first-order valence-corrected chi connectivity index (χ1v) is 34.4. The fourth-order valence-electron chi connectivity index (χ4n) is 13.1. The van der Waals surface area contributed by atoms with Gasteiger partial charge in [-0.1, -0.05) is 49.0 Å². The zero-order chi connectivity index (χ0) is 64.5. The number of hydrogen-bond donors (Lipinski definition) is 0. The molecule has 26 heteroatoms. The average Bonchev–Trinajstić information content (AvgIpc) is 2.32. The number of aromatic nitrogens is 6. The maximum atomic E-state index is 12.5. The highest BCUT2D eigenvalue weighted by Crippen LogP contribution is 2.30. The van der Waals surface area contributed by atoms with Crippen molar-refractivity contribution >= 4 is 47.5 Å². The van der Waals surface area contributed by atoms with Gasteiger partial charge in [-0.05, 0) is 153 Å². The predicted octanol–water partition coefficient (Wildman–Crippen LogP) is 4.94. The number of esters is 4. The van der Waals surface area contributed by atoms with Crippen molar-refractivity contribution < 1.29 is 66.8 Å². The van der Waals surface area contributed by atoms with Crippen LogP contribution in [0.1, 0.15) is 153 Å². The van der Waals surface area contributed by atoms with E-state index in [9.17, 15) is 38.4 Å². The van der Waals surface area contributed by atoms with Crippen LogP contribution in [-0.2, 0) is 93.0 Å². The van der Waals surface area contributed by atoms with Crippen LogP contribution in [0.25, 0.3) is 0 Å². The molecule has 4 amide bonds. The average molecular weight is 1290 g/mol. The van der Waals surface area contributed by atoms with Crippen molar-refractivity contribution in [1.29, 1.82) is 0 Å². The van der Waals surface area contributed by atoms with Crippen molar-refractivity contribution in [2.45, 2.75) is 167 Å². The molecule has 8 rings (SSSR count). The number of likely N-dealkylation sites (tertiary alicyclic amines) is 4. The molecule has 6 aliphatic heterocycles. The Labute approximate surface area is 542 Å². The molecule has 0 bridgehead atoms. The topological polar surface area (TPSA) is 273 Å². The van der Waals surface area contributed by atoms with E-state index in [1.54, 1.807) is 21.8 Å². The van der Waals surface area contributed by atoms with Gasteiger partial charge in [0.15, 0.2) is 0 Å². The van der Waals surface area contributed by atoms with Crippen LogP contribution in [0.15, 0.2) is 36.7 Å². The van der Waals surface area contributed by atoms with Crippen LogP contribution in [0, 0.1) is 23.7 Å². The molecule has 2 aromatic heterocycles. The SMILES string of the molecule is O=C(CCN1CCC(CCCC2CCN(CCC(=O)OCCOCCn3cc(CN4C(=O)C=CC4=O)nn3)CC2)CC1)OCCCCCCOC(=O)CCN1CCC(CCCC2CCN(CCC(=O)OCCOCCn3cc(CN4C(=O)C=CC4=O)nn3)CC2)CC1. The summed E-state index contributed by atoms with van der Waals surface area (Å²) in [6.07, 6.45) is 30.5. The van der Waals surface area contributed by atoms with Crippen LogP contribution in [0.5, 0.6) is 0 Å². The normalized spacial score (nSPS) is 18.7. The molecule has 0 aromatic carbocycles. The lowest BCUT2D eigenvalue weighted by molar-refractivity contribution is -0.146. The third kappa shape index (κ3) is 26.6. The summed E-state index contributed by atoms with van der Waals surface area (Å²) in [6.45, 7) is 14.8. The quantitative estimate of drug-likeness (QED) is 0.0368. The van der Waals surface area contributed by atoms with Crippen molar-refractivity contribution in [2.75, 3.05) is 131 Å². The van der Waals surface area contributed by atoms with Gasteiger partial charge >= 0.3 is 23.9 Å². The molecule has 4 fully saturated rings. The molecule has 0 N–H and O–H groups in total. The maximum Gasteiger partial charge on any atom is 0.307 e. The minimum absolute atomic E-state index is 0.0727. The third-order valence-electron chi connectivity index (χ3n) is 18.9. The first-order valence-electron chi connectivity index (χ1n) is 34.4. The minimum Gasteiger partial charge on any atom is -0.466 e. The van der Waals surface area contributed by atoms with Gasteiger partial charge in [0.05, 0.1) is 104 Å². The lowest BCUT2D eigenvalue weighted by Crippen LogP contribution is -2.36. The van der Waals surface area contributed by atoms with Gasteiger partial charge < -0.3 is 48.0 Å². The zero-order valence-electron chi connectivity index (χ0n) is 54.4. The van der Waals surface area contributed by atoms with E-state index in [0.717, 1.165) is 125 Å². The Morgan fingerprint density at radius 3 is 0.957 bits per heavy atom. The summed E-state index contributed by atoms with van der Waals surface area (Å²) in [6, 6.07) is 0. The zero-order valence-corrected chi connectivity index (χ0v) is 54.4. The lowest BCUT2D eigenvalue weighted by atomic mass is 9.87. The number of imide groups is 2. The first-order chi connectivity index (χ1) is 44.9. The Morgan fingerprint density at radius 1 is 0.359 bits per heavy atom. The molecule has 0 aliphatic carbocycles. The van der Waals surface area contributed by atoms with E-state index in [1.807, 2.05) is 0 Å². The Morgan fingerprint density at radius 2 is 0.652 bits per heavy atom. The summed E-state index contributed by atoms with van der Waals surface area (Å²) in [5, 5.41) is 16.1. The second-order valence-corrected chi connectivity index (χ2v) is 25.7. The number of carbonyl (C=O) groups is 8.